The van der Waals surface area contributed by atoms with E-state index in [2.05, 4.69) is 0 Å². The van der Waals surface area contributed by atoms with Crippen LogP contribution in [0.3, 0.4) is 0 Å². The zero-order valence-corrected chi connectivity index (χ0v) is 12.1. The maximum atomic E-state index is 13.8. The van der Waals surface area contributed by atoms with E-state index in [0.717, 1.165) is 6.54 Å². The maximum Gasteiger partial charge on any atom is 0.254 e. The lowest BCUT2D eigenvalue weighted by Gasteiger charge is -2.20. The number of fused-ring (bicyclic) bond motifs is 1. The van der Waals surface area contributed by atoms with Gasteiger partial charge in [0, 0.05) is 31.1 Å². The van der Waals surface area contributed by atoms with Crippen molar-refractivity contribution in [1.29, 1.82) is 0 Å². The summed E-state index contributed by atoms with van der Waals surface area (Å²) in [6, 6.07) is 9.99. The molecule has 2 aromatic carbocycles. The van der Waals surface area contributed by atoms with Crippen molar-refractivity contribution in [3.05, 3.63) is 47.8 Å². The molecule has 3 nitrogen and oxygen atoms in total. The highest BCUT2D eigenvalue weighted by Gasteiger charge is 2.16. The summed E-state index contributed by atoms with van der Waals surface area (Å²) < 4.78 is 13.8. The van der Waals surface area contributed by atoms with Crippen LogP contribution in [-0.2, 0) is 0 Å². The Balaban J connectivity index is 2.33. The van der Waals surface area contributed by atoms with Crippen molar-refractivity contribution in [2.24, 2.45) is 0 Å². The van der Waals surface area contributed by atoms with Crippen molar-refractivity contribution < 1.29 is 9.18 Å². The van der Waals surface area contributed by atoms with Crippen molar-refractivity contribution in [3.8, 4) is 0 Å². The first kappa shape index (κ1) is 14.5. The lowest BCUT2D eigenvalue weighted by molar-refractivity contribution is 0.0788. The van der Waals surface area contributed by atoms with Crippen LogP contribution in [-0.4, -0.2) is 49.9 Å². The molecular formula is C16H19FN2O. The molecule has 0 atom stereocenters. The quantitative estimate of drug-likeness (QED) is 0.855. The number of carbonyl (C=O) groups excluding carboxylic acids is 1. The number of amides is 1. The van der Waals surface area contributed by atoms with Gasteiger partial charge in [-0.15, -0.1) is 0 Å². The van der Waals surface area contributed by atoms with E-state index in [1.54, 1.807) is 36.2 Å². The van der Waals surface area contributed by atoms with E-state index in [0.29, 0.717) is 22.9 Å². The van der Waals surface area contributed by atoms with Crippen LogP contribution in [0.1, 0.15) is 10.4 Å². The Labute approximate surface area is 118 Å². The molecule has 1 amide bonds. The Morgan fingerprint density at radius 1 is 1.00 bits per heavy atom. The van der Waals surface area contributed by atoms with Gasteiger partial charge in [0.05, 0.1) is 0 Å². The minimum absolute atomic E-state index is 0.0805. The molecule has 2 aromatic rings. The number of carbonyl (C=O) groups is 1. The largest absolute Gasteiger partial charge is 0.340 e. The summed E-state index contributed by atoms with van der Waals surface area (Å²) in [6.07, 6.45) is 0. The van der Waals surface area contributed by atoms with Crippen molar-refractivity contribution >= 4 is 16.7 Å². The second-order valence-electron chi connectivity index (χ2n) is 5.17. The summed E-state index contributed by atoms with van der Waals surface area (Å²) >= 11 is 0. The lowest BCUT2D eigenvalue weighted by atomic mass is 10.0. The van der Waals surface area contributed by atoms with Crippen LogP contribution in [0.15, 0.2) is 36.4 Å². The van der Waals surface area contributed by atoms with Gasteiger partial charge in [0.25, 0.3) is 5.91 Å². The van der Waals surface area contributed by atoms with E-state index < -0.39 is 0 Å². The topological polar surface area (TPSA) is 23.6 Å². The molecule has 0 heterocycles. The number of benzene rings is 2. The fourth-order valence-electron chi connectivity index (χ4n) is 2.11. The molecule has 4 heteroatoms. The van der Waals surface area contributed by atoms with Gasteiger partial charge in [-0.3, -0.25) is 4.79 Å². The van der Waals surface area contributed by atoms with Gasteiger partial charge in [0.2, 0.25) is 0 Å². The molecule has 0 saturated carbocycles. The average Bonchev–Trinajstić information content (AvgIpc) is 2.44. The highest BCUT2D eigenvalue weighted by Crippen LogP contribution is 2.22. The Hall–Kier alpha value is -1.94. The molecule has 0 N–H and O–H groups in total. The van der Waals surface area contributed by atoms with Gasteiger partial charge in [0.1, 0.15) is 5.82 Å². The predicted octanol–water partition coefficient (Wildman–Crippen LogP) is 2.61. The molecule has 20 heavy (non-hydrogen) atoms. The zero-order valence-electron chi connectivity index (χ0n) is 12.1. The number of hydrogen-bond acceptors (Lipinski definition) is 2. The summed E-state index contributed by atoms with van der Waals surface area (Å²) in [5.74, 6) is -0.379. The summed E-state index contributed by atoms with van der Waals surface area (Å²) in [4.78, 5) is 16.2. The number of hydrogen-bond donors (Lipinski definition) is 0. The number of rotatable bonds is 4. The van der Waals surface area contributed by atoms with Crippen LogP contribution < -0.4 is 0 Å². The smallest absolute Gasteiger partial charge is 0.254 e. The second kappa shape index (κ2) is 6.01. The zero-order chi connectivity index (χ0) is 14.7. The van der Waals surface area contributed by atoms with Gasteiger partial charge in [-0.25, -0.2) is 4.39 Å². The van der Waals surface area contributed by atoms with Gasteiger partial charge in [0.15, 0.2) is 0 Å². The summed E-state index contributed by atoms with van der Waals surface area (Å²) in [7, 11) is 5.70. The highest BCUT2D eigenvalue weighted by atomic mass is 19.1. The van der Waals surface area contributed by atoms with E-state index >= 15 is 0 Å². The van der Waals surface area contributed by atoms with Crippen LogP contribution in [0.5, 0.6) is 0 Å². The monoisotopic (exact) mass is 274 g/mol. The van der Waals surface area contributed by atoms with Gasteiger partial charge in [-0.1, -0.05) is 24.3 Å². The molecule has 0 radical (unpaired) electrons. The van der Waals surface area contributed by atoms with E-state index in [4.69, 9.17) is 0 Å². The van der Waals surface area contributed by atoms with Gasteiger partial charge in [-0.2, -0.15) is 0 Å². The third-order valence-corrected chi connectivity index (χ3v) is 3.33. The Kier molecular flexibility index (Phi) is 4.35. The third-order valence-electron chi connectivity index (χ3n) is 3.33. The lowest BCUT2D eigenvalue weighted by Crippen LogP contribution is -2.33. The molecular weight excluding hydrogens is 255 g/mol. The van der Waals surface area contributed by atoms with Crippen LogP contribution in [0, 0.1) is 5.82 Å². The first-order chi connectivity index (χ1) is 9.50. The highest BCUT2D eigenvalue weighted by molar-refractivity contribution is 6.07. The molecule has 0 fully saturated rings. The summed E-state index contributed by atoms with van der Waals surface area (Å²) in [5, 5.41) is 1.15. The van der Waals surface area contributed by atoms with Crippen LogP contribution in [0.25, 0.3) is 10.8 Å². The molecule has 0 bridgehead atoms. The molecule has 0 aliphatic rings. The molecule has 0 aliphatic carbocycles. The molecule has 0 saturated heterocycles. The fourth-order valence-corrected chi connectivity index (χ4v) is 2.11. The predicted molar refractivity (Wildman–Crippen MR) is 79.4 cm³/mol. The minimum atomic E-state index is -0.298. The minimum Gasteiger partial charge on any atom is -0.340 e. The Bertz CT molecular complexity index is 625. The van der Waals surface area contributed by atoms with E-state index in [-0.39, 0.29) is 11.7 Å². The van der Waals surface area contributed by atoms with Gasteiger partial charge in [-0.05, 0) is 31.6 Å². The number of nitrogens with zero attached hydrogens (tertiary/aromatic N) is 2. The van der Waals surface area contributed by atoms with Crippen molar-refractivity contribution in [2.45, 2.75) is 0 Å². The summed E-state index contributed by atoms with van der Waals surface area (Å²) in [5.41, 5.74) is 0.545. The standard InChI is InChI=1S/C16H19FN2O/c1-18(2)10-11-19(3)16(20)14-8-9-15(17)13-7-5-4-6-12(13)14/h4-9H,10-11H2,1-3H3. The summed E-state index contributed by atoms with van der Waals surface area (Å²) in [6.45, 7) is 1.43. The van der Waals surface area contributed by atoms with Gasteiger partial charge < -0.3 is 9.80 Å². The number of likely N-dealkylation sites (N-methyl/N-ethyl adjacent to an activating group) is 2. The average molecular weight is 274 g/mol. The molecule has 2 rings (SSSR count). The van der Waals surface area contributed by atoms with Gasteiger partial charge >= 0.3 is 0 Å². The second-order valence-corrected chi connectivity index (χ2v) is 5.17. The molecule has 0 unspecified atom stereocenters. The van der Waals surface area contributed by atoms with Crippen molar-refractivity contribution in [3.63, 3.8) is 0 Å². The molecule has 106 valence electrons. The Morgan fingerprint density at radius 2 is 1.65 bits per heavy atom. The normalized spacial score (nSPS) is 11.1. The third kappa shape index (κ3) is 2.96. The van der Waals surface area contributed by atoms with E-state index in [9.17, 15) is 9.18 Å². The Morgan fingerprint density at radius 3 is 2.30 bits per heavy atom. The van der Waals surface area contributed by atoms with Crippen molar-refractivity contribution in [1.82, 2.24) is 9.80 Å². The number of halogens is 1. The maximum absolute atomic E-state index is 13.8. The SMILES string of the molecule is CN(C)CCN(C)C(=O)c1ccc(F)c2ccccc12. The molecule has 0 spiro atoms. The molecule has 0 aliphatic heterocycles. The van der Waals surface area contributed by atoms with E-state index in [1.165, 1.54) is 6.07 Å². The van der Waals surface area contributed by atoms with Crippen molar-refractivity contribution in [2.75, 3.05) is 34.2 Å². The first-order valence-electron chi connectivity index (χ1n) is 6.58. The van der Waals surface area contributed by atoms with Crippen LogP contribution in [0.4, 0.5) is 4.39 Å². The van der Waals surface area contributed by atoms with Crippen LogP contribution >= 0.6 is 0 Å². The first-order valence-corrected chi connectivity index (χ1v) is 6.58. The fraction of sp³-hybridized carbons (Fsp3) is 0.312. The molecule has 0 aromatic heterocycles. The van der Waals surface area contributed by atoms with Crippen LogP contribution in [0.2, 0.25) is 0 Å². The van der Waals surface area contributed by atoms with E-state index in [1.807, 2.05) is 25.1 Å².